The lowest BCUT2D eigenvalue weighted by molar-refractivity contribution is 0.0871. The Bertz CT molecular complexity index is 953. The van der Waals surface area contributed by atoms with Crippen molar-refractivity contribution < 1.29 is 14.4 Å². The van der Waals surface area contributed by atoms with E-state index in [0.717, 1.165) is 0 Å². The van der Waals surface area contributed by atoms with Crippen LogP contribution in [0.3, 0.4) is 0 Å². The number of carbonyl (C=O) groups is 3. The lowest BCUT2D eigenvalue weighted by Crippen LogP contribution is -2.46. The second kappa shape index (κ2) is 8.42. The summed E-state index contributed by atoms with van der Waals surface area (Å²) in [5.74, 6) is -0.684. The third-order valence-corrected chi connectivity index (χ3v) is 4.80. The van der Waals surface area contributed by atoms with Crippen molar-refractivity contribution in [3.05, 3.63) is 88.1 Å². The van der Waals surface area contributed by atoms with Gasteiger partial charge in [0.05, 0.1) is 4.88 Å². The van der Waals surface area contributed by atoms with Crippen LogP contribution in [0.15, 0.2) is 72.1 Å². The fourth-order valence-corrected chi connectivity index (χ4v) is 3.22. The number of amides is 1. The molecule has 1 atom stereocenters. The molecule has 0 saturated heterocycles. The third-order valence-electron chi connectivity index (χ3n) is 3.92. The number of carbonyl (C=O) groups excluding carboxylic acids is 3. The highest BCUT2D eigenvalue weighted by atomic mass is 32.1. The van der Waals surface area contributed by atoms with Crippen LogP contribution in [0, 0.1) is 0 Å². The summed E-state index contributed by atoms with van der Waals surface area (Å²) in [5.41, 5.74) is 1.56. The van der Waals surface area contributed by atoms with E-state index in [-0.39, 0.29) is 17.5 Å². The molecule has 0 bridgehead atoms. The van der Waals surface area contributed by atoms with Crippen molar-refractivity contribution in [2.24, 2.45) is 0 Å². The van der Waals surface area contributed by atoms with Crippen molar-refractivity contribution in [2.75, 3.05) is 5.32 Å². The average Bonchev–Trinajstić information content (AvgIpc) is 3.22. The maximum atomic E-state index is 12.9. The van der Waals surface area contributed by atoms with Gasteiger partial charge in [-0.2, -0.15) is 0 Å². The molecule has 3 rings (SSSR count). The zero-order valence-corrected chi connectivity index (χ0v) is 15.5. The Morgan fingerprint density at radius 2 is 1.63 bits per heavy atom. The number of ketones is 2. The molecule has 5 nitrogen and oxygen atoms in total. The first-order valence-corrected chi connectivity index (χ1v) is 9.24. The SMILES string of the molecule is CC(=O)c1cccc(NC(NC(=O)c2ccccc2)C(=O)c2cccs2)c1. The summed E-state index contributed by atoms with van der Waals surface area (Å²) < 4.78 is 0. The van der Waals surface area contributed by atoms with Gasteiger partial charge in [0.15, 0.2) is 11.9 Å². The molecule has 0 aliphatic carbocycles. The lowest BCUT2D eigenvalue weighted by Gasteiger charge is -2.20. The summed E-state index contributed by atoms with van der Waals surface area (Å²) in [7, 11) is 0. The van der Waals surface area contributed by atoms with Gasteiger partial charge >= 0.3 is 0 Å². The first-order chi connectivity index (χ1) is 13.0. The Morgan fingerprint density at radius 1 is 0.889 bits per heavy atom. The zero-order chi connectivity index (χ0) is 19.2. The highest BCUT2D eigenvalue weighted by Crippen LogP contribution is 2.16. The standard InChI is InChI=1S/C21H18N2O3S/c1-14(24)16-9-5-10-17(13-16)22-20(19(25)18-11-6-12-27-18)23-21(26)15-7-3-2-4-8-15/h2-13,20,22H,1H3,(H,23,26). The molecule has 0 saturated carbocycles. The smallest absolute Gasteiger partial charge is 0.253 e. The highest BCUT2D eigenvalue weighted by Gasteiger charge is 2.23. The summed E-state index contributed by atoms with van der Waals surface area (Å²) in [5, 5.41) is 7.58. The van der Waals surface area contributed by atoms with Gasteiger partial charge in [0.2, 0.25) is 5.78 Å². The summed E-state index contributed by atoms with van der Waals surface area (Å²) in [6.07, 6.45) is -0.960. The Hall–Kier alpha value is -3.25. The van der Waals surface area contributed by atoms with Crippen LogP contribution in [-0.2, 0) is 0 Å². The van der Waals surface area contributed by atoms with Crippen LogP contribution in [0.2, 0.25) is 0 Å². The van der Waals surface area contributed by atoms with E-state index in [0.29, 0.717) is 21.7 Å². The third kappa shape index (κ3) is 4.68. The van der Waals surface area contributed by atoms with E-state index in [1.807, 2.05) is 6.07 Å². The Kier molecular flexibility index (Phi) is 5.78. The molecule has 1 heterocycles. The van der Waals surface area contributed by atoms with E-state index < -0.39 is 6.17 Å². The van der Waals surface area contributed by atoms with E-state index in [9.17, 15) is 14.4 Å². The number of nitrogens with one attached hydrogen (secondary N) is 2. The van der Waals surface area contributed by atoms with Crippen LogP contribution in [-0.4, -0.2) is 23.6 Å². The molecule has 2 N–H and O–H groups in total. The monoisotopic (exact) mass is 378 g/mol. The number of Topliss-reactive ketones (excluding diaryl/α,β-unsaturated/α-hetero) is 2. The van der Waals surface area contributed by atoms with Crippen molar-refractivity contribution >= 4 is 34.5 Å². The molecule has 6 heteroatoms. The Morgan fingerprint density at radius 3 is 2.30 bits per heavy atom. The van der Waals surface area contributed by atoms with Crippen LogP contribution in [0.5, 0.6) is 0 Å². The number of thiophene rings is 1. The summed E-state index contributed by atoms with van der Waals surface area (Å²) in [6.45, 7) is 1.48. The van der Waals surface area contributed by atoms with E-state index in [1.54, 1.807) is 66.0 Å². The minimum atomic E-state index is -0.960. The van der Waals surface area contributed by atoms with Crippen LogP contribution in [0.4, 0.5) is 5.69 Å². The summed E-state index contributed by atoms with van der Waals surface area (Å²) in [6, 6.07) is 19.0. The number of anilines is 1. The number of hydrogen-bond acceptors (Lipinski definition) is 5. The van der Waals surface area contributed by atoms with Gasteiger partial charge < -0.3 is 10.6 Å². The molecule has 0 aliphatic heterocycles. The van der Waals surface area contributed by atoms with Crippen LogP contribution in [0.1, 0.15) is 37.3 Å². The van der Waals surface area contributed by atoms with E-state index in [1.165, 1.54) is 18.3 Å². The van der Waals surface area contributed by atoms with E-state index >= 15 is 0 Å². The molecule has 0 aliphatic rings. The first kappa shape index (κ1) is 18.5. The van der Waals surface area contributed by atoms with Crippen molar-refractivity contribution in [3.8, 4) is 0 Å². The fourth-order valence-electron chi connectivity index (χ4n) is 2.53. The second-order valence-electron chi connectivity index (χ2n) is 5.90. The molecule has 0 fully saturated rings. The van der Waals surface area contributed by atoms with Crippen molar-refractivity contribution in [3.63, 3.8) is 0 Å². The van der Waals surface area contributed by atoms with Crippen LogP contribution in [0.25, 0.3) is 0 Å². The molecule has 136 valence electrons. The minimum absolute atomic E-state index is 0.0758. The molecule has 1 amide bonds. The van der Waals surface area contributed by atoms with Gasteiger partial charge in [-0.05, 0) is 42.6 Å². The summed E-state index contributed by atoms with van der Waals surface area (Å²) >= 11 is 1.31. The maximum Gasteiger partial charge on any atom is 0.253 e. The Balaban J connectivity index is 1.86. The van der Waals surface area contributed by atoms with Gasteiger partial charge in [-0.15, -0.1) is 11.3 Å². The van der Waals surface area contributed by atoms with E-state index in [4.69, 9.17) is 0 Å². The molecule has 2 aromatic carbocycles. The Labute approximate surface area is 161 Å². The van der Waals surface area contributed by atoms with Gasteiger partial charge in [0, 0.05) is 16.8 Å². The molecule has 27 heavy (non-hydrogen) atoms. The molecular formula is C21H18N2O3S. The number of benzene rings is 2. The molecular weight excluding hydrogens is 360 g/mol. The van der Waals surface area contributed by atoms with Crippen molar-refractivity contribution in [1.82, 2.24) is 5.32 Å². The van der Waals surface area contributed by atoms with Crippen LogP contribution >= 0.6 is 11.3 Å². The lowest BCUT2D eigenvalue weighted by atomic mass is 10.1. The quantitative estimate of drug-likeness (QED) is 0.481. The number of hydrogen-bond donors (Lipinski definition) is 2. The molecule has 3 aromatic rings. The maximum absolute atomic E-state index is 12.9. The molecule has 0 spiro atoms. The van der Waals surface area contributed by atoms with E-state index in [2.05, 4.69) is 10.6 Å². The first-order valence-electron chi connectivity index (χ1n) is 8.36. The zero-order valence-electron chi connectivity index (χ0n) is 14.6. The minimum Gasteiger partial charge on any atom is -0.359 e. The molecule has 1 aromatic heterocycles. The largest absolute Gasteiger partial charge is 0.359 e. The average molecular weight is 378 g/mol. The molecule has 1 unspecified atom stereocenters. The topological polar surface area (TPSA) is 75.3 Å². The van der Waals surface area contributed by atoms with Gasteiger partial charge in [0.25, 0.3) is 5.91 Å². The fraction of sp³-hybridized carbons (Fsp3) is 0.0952. The van der Waals surface area contributed by atoms with Crippen LogP contribution < -0.4 is 10.6 Å². The van der Waals surface area contributed by atoms with Crippen molar-refractivity contribution in [2.45, 2.75) is 13.1 Å². The van der Waals surface area contributed by atoms with Gasteiger partial charge in [-0.1, -0.05) is 36.4 Å². The predicted octanol–water partition coefficient (Wildman–Crippen LogP) is 4.00. The van der Waals surface area contributed by atoms with Gasteiger partial charge in [-0.25, -0.2) is 0 Å². The summed E-state index contributed by atoms with van der Waals surface area (Å²) in [4.78, 5) is 37.5. The predicted molar refractivity (Wildman–Crippen MR) is 106 cm³/mol. The second-order valence-corrected chi connectivity index (χ2v) is 6.84. The number of rotatable bonds is 7. The van der Waals surface area contributed by atoms with Gasteiger partial charge in [0.1, 0.15) is 0 Å². The van der Waals surface area contributed by atoms with Gasteiger partial charge in [-0.3, -0.25) is 14.4 Å². The highest BCUT2D eigenvalue weighted by molar-refractivity contribution is 7.12. The normalized spacial score (nSPS) is 11.4. The molecule has 0 radical (unpaired) electrons. The van der Waals surface area contributed by atoms with Crippen molar-refractivity contribution in [1.29, 1.82) is 0 Å².